The summed E-state index contributed by atoms with van der Waals surface area (Å²) in [6.45, 7) is 5.15. The summed E-state index contributed by atoms with van der Waals surface area (Å²) in [5.74, 6) is -1.47. The molecule has 7 nitrogen and oxygen atoms in total. The van der Waals surface area contributed by atoms with E-state index in [0.717, 1.165) is 51.4 Å². The second kappa shape index (κ2) is 17.0. The smallest absolute Gasteiger partial charge is 0.333 e. The fourth-order valence-corrected chi connectivity index (χ4v) is 2.09. The number of aliphatic carboxylic acids is 1. The summed E-state index contributed by atoms with van der Waals surface area (Å²) in [6, 6.07) is 0. The van der Waals surface area contributed by atoms with Crippen molar-refractivity contribution in [2.24, 2.45) is 0 Å². The molecule has 7 heteroatoms. The third-order valence-corrected chi connectivity index (χ3v) is 3.45. The topological polar surface area (TPSA) is 125 Å². The van der Waals surface area contributed by atoms with Gasteiger partial charge in [0.05, 0.1) is 0 Å². The Kier molecular flexibility index (Phi) is 17.2. The zero-order valence-corrected chi connectivity index (χ0v) is 15.4. The van der Waals surface area contributed by atoms with Crippen LogP contribution < -0.4 is 6.15 Å². The maximum absolute atomic E-state index is 11.5. The highest BCUT2D eigenvalue weighted by molar-refractivity contribution is 5.86. The molecule has 0 saturated heterocycles. The number of rotatable bonds is 15. The third-order valence-electron chi connectivity index (χ3n) is 3.45. The van der Waals surface area contributed by atoms with Crippen molar-refractivity contribution < 1.29 is 29.0 Å². The van der Waals surface area contributed by atoms with Crippen LogP contribution in [0.25, 0.3) is 0 Å². The van der Waals surface area contributed by atoms with E-state index in [1.54, 1.807) is 6.92 Å². The van der Waals surface area contributed by atoms with E-state index in [1.165, 1.54) is 0 Å². The first-order valence-corrected chi connectivity index (χ1v) is 8.63. The molecule has 0 unspecified atom stereocenters. The van der Waals surface area contributed by atoms with Gasteiger partial charge in [-0.3, -0.25) is 9.59 Å². The van der Waals surface area contributed by atoms with Crippen LogP contribution >= 0.6 is 0 Å². The minimum Gasteiger partial charge on any atom is -0.481 e. The molecule has 25 heavy (non-hydrogen) atoms. The maximum Gasteiger partial charge on any atom is 0.333 e. The van der Waals surface area contributed by atoms with Crippen molar-refractivity contribution in [1.29, 1.82) is 0 Å². The molecule has 0 saturated carbocycles. The standard InChI is InChI=1S/C18H30O6.H3N/c1-15(2)18(22)24-14-13-23-17(21)12-10-8-6-4-3-5-7-9-11-16(19)20;/h1,3-14H2,2H3,(H,19,20);1H3. The Morgan fingerprint density at radius 2 is 1.24 bits per heavy atom. The SMILES string of the molecule is C=C(C)C(=O)OCCOC(=O)CCCCCCCCCCC(=O)O.N. The fraction of sp³-hybridized carbons (Fsp3) is 0.722. The van der Waals surface area contributed by atoms with Crippen molar-refractivity contribution in [2.75, 3.05) is 13.2 Å². The van der Waals surface area contributed by atoms with Gasteiger partial charge in [0, 0.05) is 18.4 Å². The van der Waals surface area contributed by atoms with Crippen LogP contribution in [-0.2, 0) is 23.9 Å². The van der Waals surface area contributed by atoms with Gasteiger partial charge in [-0.25, -0.2) is 4.79 Å². The van der Waals surface area contributed by atoms with E-state index in [-0.39, 0.29) is 31.8 Å². The summed E-state index contributed by atoms with van der Waals surface area (Å²) < 4.78 is 9.79. The molecule has 0 spiro atoms. The molecule has 0 fully saturated rings. The van der Waals surface area contributed by atoms with Crippen LogP contribution in [-0.4, -0.2) is 36.2 Å². The van der Waals surface area contributed by atoms with Gasteiger partial charge in [0.15, 0.2) is 0 Å². The lowest BCUT2D eigenvalue weighted by atomic mass is 10.1. The van der Waals surface area contributed by atoms with Crippen LogP contribution in [0.3, 0.4) is 0 Å². The Labute approximate surface area is 150 Å². The Morgan fingerprint density at radius 3 is 1.72 bits per heavy atom. The number of unbranched alkanes of at least 4 members (excludes halogenated alkanes) is 7. The van der Waals surface area contributed by atoms with Gasteiger partial charge >= 0.3 is 17.9 Å². The summed E-state index contributed by atoms with van der Waals surface area (Å²) in [5.41, 5.74) is 0.322. The Balaban J connectivity index is 0. The first-order chi connectivity index (χ1) is 11.4. The number of carboxylic acids is 1. The Bertz CT molecular complexity index is 408. The van der Waals surface area contributed by atoms with Crippen LogP contribution in [0.2, 0.25) is 0 Å². The molecule has 0 rings (SSSR count). The minimum atomic E-state index is -0.726. The van der Waals surface area contributed by atoms with E-state index in [4.69, 9.17) is 14.6 Å². The molecule has 0 amide bonds. The molecule has 4 N–H and O–H groups in total. The van der Waals surface area contributed by atoms with Crippen LogP contribution in [0, 0.1) is 0 Å². The lowest BCUT2D eigenvalue weighted by molar-refractivity contribution is -0.150. The molecule has 0 aromatic rings. The van der Waals surface area contributed by atoms with Gasteiger partial charge in [-0.05, 0) is 19.8 Å². The van der Waals surface area contributed by atoms with Gasteiger partial charge in [0.25, 0.3) is 0 Å². The van der Waals surface area contributed by atoms with Crippen molar-refractivity contribution >= 4 is 17.9 Å². The minimum absolute atomic E-state index is 0. The fourth-order valence-electron chi connectivity index (χ4n) is 2.09. The van der Waals surface area contributed by atoms with Crippen molar-refractivity contribution in [3.63, 3.8) is 0 Å². The van der Waals surface area contributed by atoms with Crippen molar-refractivity contribution in [2.45, 2.75) is 71.1 Å². The van der Waals surface area contributed by atoms with Crippen molar-refractivity contribution in [3.05, 3.63) is 12.2 Å². The average molecular weight is 359 g/mol. The number of carbonyl (C=O) groups is 3. The molecule has 0 bridgehead atoms. The Hall–Kier alpha value is -1.89. The van der Waals surface area contributed by atoms with Gasteiger partial charge in [-0.2, -0.15) is 0 Å². The van der Waals surface area contributed by atoms with Gasteiger partial charge in [-0.15, -0.1) is 0 Å². The number of esters is 2. The summed E-state index contributed by atoms with van der Waals surface area (Å²) >= 11 is 0. The first kappa shape index (κ1) is 25.4. The lowest BCUT2D eigenvalue weighted by Gasteiger charge is -2.06. The summed E-state index contributed by atoms with van der Waals surface area (Å²) in [6.07, 6.45) is 8.50. The van der Waals surface area contributed by atoms with E-state index in [9.17, 15) is 14.4 Å². The van der Waals surface area contributed by atoms with Crippen LogP contribution in [0.1, 0.15) is 71.1 Å². The van der Waals surface area contributed by atoms with Crippen molar-refractivity contribution in [1.82, 2.24) is 6.15 Å². The second-order valence-electron chi connectivity index (χ2n) is 5.86. The predicted octanol–water partition coefficient (Wildman–Crippen LogP) is 3.80. The average Bonchev–Trinajstić information content (AvgIpc) is 2.52. The molecule has 0 aliphatic rings. The zero-order chi connectivity index (χ0) is 18.2. The number of hydrogen-bond acceptors (Lipinski definition) is 6. The molecule has 0 aromatic heterocycles. The summed E-state index contributed by atoms with van der Waals surface area (Å²) in [5, 5.41) is 8.51. The molecule has 0 heterocycles. The zero-order valence-electron chi connectivity index (χ0n) is 15.4. The first-order valence-electron chi connectivity index (χ1n) is 8.63. The molecule has 146 valence electrons. The normalized spacial score (nSPS) is 9.80. The van der Waals surface area contributed by atoms with Gasteiger partial charge in [-0.1, -0.05) is 45.1 Å². The number of ether oxygens (including phenoxy) is 2. The van der Waals surface area contributed by atoms with Gasteiger partial charge < -0.3 is 20.7 Å². The van der Waals surface area contributed by atoms with Crippen LogP contribution in [0.5, 0.6) is 0 Å². The van der Waals surface area contributed by atoms with Crippen LogP contribution in [0.4, 0.5) is 0 Å². The van der Waals surface area contributed by atoms with Gasteiger partial charge in [0.1, 0.15) is 13.2 Å². The predicted molar refractivity (Wildman–Crippen MR) is 95.6 cm³/mol. The van der Waals surface area contributed by atoms with E-state index >= 15 is 0 Å². The van der Waals surface area contributed by atoms with E-state index in [1.807, 2.05) is 0 Å². The second-order valence-corrected chi connectivity index (χ2v) is 5.86. The van der Waals surface area contributed by atoms with E-state index in [2.05, 4.69) is 6.58 Å². The van der Waals surface area contributed by atoms with Crippen LogP contribution in [0.15, 0.2) is 12.2 Å². The highest BCUT2D eigenvalue weighted by Crippen LogP contribution is 2.11. The molecule has 0 aliphatic heterocycles. The van der Waals surface area contributed by atoms with Crippen molar-refractivity contribution in [3.8, 4) is 0 Å². The maximum atomic E-state index is 11.5. The molecular weight excluding hydrogens is 326 g/mol. The van der Waals surface area contributed by atoms with E-state index in [0.29, 0.717) is 12.0 Å². The number of hydrogen-bond donors (Lipinski definition) is 2. The summed E-state index contributed by atoms with van der Waals surface area (Å²) in [4.78, 5) is 32.9. The lowest BCUT2D eigenvalue weighted by Crippen LogP contribution is -2.14. The molecule has 0 radical (unpaired) electrons. The molecule has 0 atom stereocenters. The van der Waals surface area contributed by atoms with E-state index < -0.39 is 11.9 Å². The number of carbonyl (C=O) groups excluding carboxylic acids is 2. The molecule has 0 aliphatic carbocycles. The Morgan fingerprint density at radius 1 is 0.800 bits per heavy atom. The number of carboxylic acid groups (broad SMARTS) is 1. The highest BCUT2D eigenvalue weighted by atomic mass is 16.6. The molecule has 0 aromatic carbocycles. The monoisotopic (exact) mass is 359 g/mol. The summed E-state index contributed by atoms with van der Waals surface area (Å²) in [7, 11) is 0. The quantitative estimate of drug-likeness (QED) is 0.259. The van der Waals surface area contributed by atoms with Gasteiger partial charge in [0.2, 0.25) is 0 Å². The highest BCUT2D eigenvalue weighted by Gasteiger charge is 2.05. The third kappa shape index (κ3) is 18.3. The largest absolute Gasteiger partial charge is 0.481 e. The molecular formula is C18H33NO6.